The molecule has 2 aromatic carbocycles. The van der Waals surface area contributed by atoms with E-state index in [0.29, 0.717) is 6.04 Å². The third kappa shape index (κ3) is 2.82. The summed E-state index contributed by atoms with van der Waals surface area (Å²) < 4.78 is 8.01. The van der Waals surface area contributed by atoms with E-state index in [9.17, 15) is 0 Å². The van der Waals surface area contributed by atoms with E-state index in [2.05, 4.69) is 59.3 Å². The van der Waals surface area contributed by atoms with Gasteiger partial charge in [-0.3, -0.25) is 0 Å². The second kappa shape index (κ2) is 6.72. The van der Waals surface area contributed by atoms with Gasteiger partial charge in [-0.2, -0.15) is 0 Å². The van der Waals surface area contributed by atoms with Crippen molar-refractivity contribution in [3.8, 4) is 16.9 Å². The van der Waals surface area contributed by atoms with Crippen molar-refractivity contribution in [2.45, 2.75) is 44.6 Å². The van der Waals surface area contributed by atoms with E-state index in [1.807, 2.05) is 0 Å². The number of nitrogens with zero attached hydrogens (tertiary/aromatic N) is 1. The summed E-state index contributed by atoms with van der Waals surface area (Å²) in [4.78, 5) is 0. The van der Waals surface area contributed by atoms with Gasteiger partial charge in [-0.25, -0.2) is 0 Å². The van der Waals surface area contributed by atoms with Crippen molar-refractivity contribution in [2.75, 3.05) is 7.11 Å². The fourth-order valence-corrected chi connectivity index (χ4v) is 4.05. The molecule has 0 bridgehead atoms. The maximum absolute atomic E-state index is 5.48. The summed E-state index contributed by atoms with van der Waals surface area (Å²) in [7, 11) is 1.74. The van der Waals surface area contributed by atoms with Gasteiger partial charge in [0.25, 0.3) is 0 Å². The van der Waals surface area contributed by atoms with Crippen LogP contribution in [-0.4, -0.2) is 11.7 Å². The molecule has 0 saturated heterocycles. The van der Waals surface area contributed by atoms with Gasteiger partial charge in [0.1, 0.15) is 5.75 Å². The molecule has 0 spiro atoms. The molecule has 124 valence electrons. The van der Waals surface area contributed by atoms with Crippen LogP contribution in [0.5, 0.6) is 5.75 Å². The minimum Gasteiger partial charge on any atom is -0.497 e. The molecule has 24 heavy (non-hydrogen) atoms. The Balaban J connectivity index is 1.88. The van der Waals surface area contributed by atoms with Crippen LogP contribution in [0, 0.1) is 0 Å². The number of methoxy groups -OCH3 is 1. The Hall–Kier alpha value is -2.22. The van der Waals surface area contributed by atoms with Crippen molar-refractivity contribution < 1.29 is 4.74 Å². The van der Waals surface area contributed by atoms with E-state index < -0.39 is 0 Å². The monoisotopic (exact) mass is 319 g/mol. The molecule has 1 aromatic heterocycles. The normalized spacial score (nSPS) is 16.2. The lowest BCUT2D eigenvalue weighted by Crippen LogP contribution is -2.06. The molecule has 3 aromatic rings. The highest BCUT2D eigenvalue weighted by Gasteiger charge is 2.19. The average Bonchev–Trinajstić information content (AvgIpc) is 2.81. The molecule has 2 heteroatoms. The summed E-state index contributed by atoms with van der Waals surface area (Å²) in [6.07, 6.45) is 10.4. The number of benzene rings is 2. The molecule has 0 atom stereocenters. The smallest absolute Gasteiger partial charge is 0.119 e. The Kier molecular flexibility index (Phi) is 4.29. The Morgan fingerprint density at radius 3 is 2.38 bits per heavy atom. The first-order valence-electron chi connectivity index (χ1n) is 9.11. The first-order chi connectivity index (χ1) is 11.9. The first kappa shape index (κ1) is 15.3. The van der Waals surface area contributed by atoms with Crippen molar-refractivity contribution in [3.05, 3.63) is 54.7 Å². The van der Waals surface area contributed by atoms with Crippen LogP contribution in [0.2, 0.25) is 0 Å². The van der Waals surface area contributed by atoms with Crippen LogP contribution in [0.3, 0.4) is 0 Å². The van der Waals surface area contributed by atoms with Gasteiger partial charge in [0.15, 0.2) is 0 Å². The highest BCUT2D eigenvalue weighted by Crippen LogP contribution is 2.37. The zero-order chi connectivity index (χ0) is 16.4. The number of hydrogen-bond acceptors (Lipinski definition) is 1. The van der Waals surface area contributed by atoms with Gasteiger partial charge in [-0.05, 0) is 36.6 Å². The van der Waals surface area contributed by atoms with Crippen LogP contribution in [0.15, 0.2) is 54.7 Å². The molecule has 1 aliphatic carbocycles. The van der Waals surface area contributed by atoms with Gasteiger partial charge in [-0.1, -0.05) is 56.0 Å². The molecule has 1 fully saturated rings. The number of hydrogen-bond donors (Lipinski definition) is 0. The maximum Gasteiger partial charge on any atom is 0.119 e. The predicted octanol–water partition coefficient (Wildman–Crippen LogP) is 6.21. The van der Waals surface area contributed by atoms with Crippen LogP contribution in [0.4, 0.5) is 0 Å². The fourth-order valence-electron chi connectivity index (χ4n) is 4.05. The van der Waals surface area contributed by atoms with Gasteiger partial charge in [0.2, 0.25) is 0 Å². The molecular weight excluding hydrogens is 294 g/mol. The van der Waals surface area contributed by atoms with Gasteiger partial charge in [0, 0.05) is 28.7 Å². The Labute approximate surface area is 144 Å². The second-order valence-electron chi connectivity index (χ2n) is 6.84. The van der Waals surface area contributed by atoms with E-state index in [1.54, 1.807) is 7.11 Å². The summed E-state index contributed by atoms with van der Waals surface area (Å²) in [5, 5.41) is 1.30. The largest absolute Gasteiger partial charge is 0.497 e. The van der Waals surface area contributed by atoms with Gasteiger partial charge < -0.3 is 9.30 Å². The van der Waals surface area contributed by atoms with Crippen molar-refractivity contribution in [1.29, 1.82) is 0 Å². The molecule has 1 heterocycles. The van der Waals surface area contributed by atoms with Crippen molar-refractivity contribution in [3.63, 3.8) is 0 Å². The third-order valence-electron chi connectivity index (χ3n) is 5.34. The molecule has 1 aliphatic rings. The van der Waals surface area contributed by atoms with E-state index in [4.69, 9.17) is 4.74 Å². The Morgan fingerprint density at radius 2 is 1.67 bits per heavy atom. The summed E-state index contributed by atoms with van der Waals surface area (Å²) in [6, 6.07) is 17.8. The molecule has 0 unspecified atom stereocenters. The van der Waals surface area contributed by atoms with Gasteiger partial charge in [-0.15, -0.1) is 0 Å². The van der Waals surface area contributed by atoms with Crippen molar-refractivity contribution in [1.82, 2.24) is 4.57 Å². The molecule has 0 aliphatic heterocycles. The quantitative estimate of drug-likeness (QED) is 0.523. The number of rotatable bonds is 3. The van der Waals surface area contributed by atoms with Crippen LogP contribution >= 0.6 is 0 Å². The zero-order valence-electron chi connectivity index (χ0n) is 14.4. The molecule has 0 amide bonds. The topological polar surface area (TPSA) is 14.2 Å². The SMILES string of the molecule is COc1ccc2c(c1)c(-c1ccccc1)cn2C1CCCCCC1. The lowest BCUT2D eigenvalue weighted by Gasteiger charge is -2.18. The minimum absolute atomic E-state index is 0.626. The average molecular weight is 319 g/mol. The second-order valence-corrected chi connectivity index (χ2v) is 6.84. The Morgan fingerprint density at radius 1 is 0.917 bits per heavy atom. The number of ether oxygens (including phenoxy) is 1. The highest BCUT2D eigenvalue weighted by atomic mass is 16.5. The van der Waals surface area contributed by atoms with Gasteiger partial charge in [0.05, 0.1) is 7.11 Å². The summed E-state index contributed by atoms with van der Waals surface area (Å²) in [6.45, 7) is 0. The third-order valence-corrected chi connectivity index (χ3v) is 5.34. The number of fused-ring (bicyclic) bond motifs is 1. The van der Waals surface area contributed by atoms with E-state index in [1.165, 1.54) is 60.6 Å². The molecule has 1 saturated carbocycles. The van der Waals surface area contributed by atoms with E-state index >= 15 is 0 Å². The van der Waals surface area contributed by atoms with Crippen LogP contribution in [0.25, 0.3) is 22.0 Å². The number of aromatic nitrogens is 1. The zero-order valence-corrected chi connectivity index (χ0v) is 14.4. The van der Waals surface area contributed by atoms with E-state index in [0.717, 1.165) is 5.75 Å². The Bertz CT molecular complexity index is 811. The molecule has 2 nitrogen and oxygen atoms in total. The van der Waals surface area contributed by atoms with E-state index in [-0.39, 0.29) is 0 Å². The summed E-state index contributed by atoms with van der Waals surface area (Å²) in [5.41, 5.74) is 3.93. The predicted molar refractivity (Wildman–Crippen MR) is 101 cm³/mol. The van der Waals surface area contributed by atoms with Crippen molar-refractivity contribution >= 4 is 10.9 Å². The highest BCUT2D eigenvalue weighted by molar-refractivity contribution is 5.97. The molecule has 4 rings (SSSR count). The molecule has 0 radical (unpaired) electrons. The fraction of sp³-hybridized carbons (Fsp3) is 0.364. The standard InChI is InChI=1S/C22H25NO/c1-24-19-13-14-22-20(15-19)21(17-9-5-4-6-10-17)16-23(22)18-11-7-2-3-8-12-18/h4-6,9-10,13-16,18H,2-3,7-8,11-12H2,1H3. The van der Waals surface area contributed by atoms with Crippen LogP contribution in [-0.2, 0) is 0 Å². The summed E-state index contributed by atoms with van der Waals surface area (Å²) in [5.74, 6) is 0.929. The van der Waals surface area contributed by atoms with Crippen LogP contribution in [0.1, 0.15) is 44.6 Å². The van der Waals surface area contributed by atoms with Crippen LogP contribution < -0.4 is 4.74 Å². The lowest BCUT2D eigenvalue weighted by atomic mass is 10.0. The van der Waals surface area contributed by atoms with Gasteiger partial charge >= 0.3 is 0 Å². The minimum atomic E-state index is 0.626. The maximum atomic E-state index is 5.48. The summed E-state index contributed by atoms with van der Waals surface area (Å²) >= 11 is 0. The lowest BCUT2D eigenvalue weighted by molar-refractivity contribution is 0.415. The molecule has 0 N–H and O–H groups in total. The first-order valence-corrected chi connectivity index (χ1v) is 9.11. The van der Waals surface area contributed by atoms with Crippen molar-refractivity contribution in [2.24, 2.45) is 0 Å². The molecular formula is C22H25NO.